The van der Waals surface area contributed by atoms with Gasteiger partial charge in [0.25, 0.3) is 0 Å². The molecule has 0 bridgehead atoms. The first-order chi connectivity index (χ1) is 15.0. The molecule has 3 aromatic carbocycles. The van der Waals surface area contributed by atoms with E-state index in [2.05, 4.69) is 39.9 Å². The molecule has 4 rings (SSSR count). The summed E-state index contributed by atoms with van der Waals surface area (Å²) in [6.07, 6.45) is 4.12. The molecule has 0 radical (unpaired) electrons. The van der Waals surface area contributed by atoms with E-state index in [4.69, 9.17) is 16.3 Å². The molecule has 1 heterocycles. The van der Waals surface area contributed by atoms with E-state index < -0.39 is 0 Å². The second-order valence-corrected chi connectivity index (χ2v) is 7.67. The molecular formula is C26H23ClN2O2. The lowest BCUT2D eigenvalue weighted by Crippen LogP contribution is -2.06. The normalized spacial score (nSPS) is 11.3. The Morgan fingerprint density at radius 3 is 2.55 bits per heavy atom. The molecule has 0 aliphatic carbocycles. The minimum Gasteiger partial charge on any atom is -0.462 e. The minimum absolute atomic E-state index is 0.331. The Balaban J connectivity index is 1.61. The predicted octanol–water partition coefficient (Wildman–Crippen LogP) is 6.39. The highest BCUT2D eigenvalue weighted by molar-refractivity contribution is 6.31. The van der Waals surface area contributed by atoms with Gasteiger partial charge in [0.15, 0.2) is 0 Å². The van der Waals surface area contributed by atoms with Gasteiger partial charge in [-0.15, -0.1) is 0 Å². The largest absolute Gasteiger partial charge is 0.462 e. The average Bonchev–Trinajstić information content (AvgIpc) is 3.09. The number of nitrogens with zero attached hydrogens (tertiary/aromatic N) is 2. The topological polar surface area (TPSA) is 44.1 Å². The minimum atomic E-state index is -0.331. The lowest BCUT2D eigenvalue weighted by Gasteiger charge is -2.10. The summed E-state index contributed by atoms with van der Waals surface area (Å²) in [6.45, 7) is 4.66. The Kier molecular flexibility index (Phi) is 6.19. The van der Waals surface area contributed by atoms with E-state index in [1.54, 1.807) is 13.0 Å². The lowest BCUT2D eigenvalue weighted by atomic mass is 10.1. The third-order valence-electron chi connectivity index (χ3n) is 5.12. The van der Waals surface area contributed by atoms with Gasteiger partial charge in [-0.25, -0.2) is 9.78 Å². The fourth-order valence-electron chi connectivity index (χ4n) is 3.51. The molecule has 4 aromatic rings. The number of aryl methyl sites for hydroxylation is 1. The van der Waals surface area contributed by atoms with Crippen LogP contribution in [0.25, 0.3) is 23.2 Å². The standard InChI is InChI=1S/C26H23ClN2O2/c1-3-31-26(30)21-13-14-24-25(16-21)29(18(2)28-24)17-22-12-11-20(15-23(22)27)10-9-19-7-5-4-6-8-19/h4-16H,3,17H2,1-2H3. The van der Waals surface area contributed by atoms with Crippen LogP contribution in [0.4, 0.5) is 0 Å². The van der Waals surface area contributed by atoms with Crippen molar-refractivity contribution in [1.82, 2.24) is 9.55 Å². The number of hydrogen-bond donors (Lipinski definition) is 0. The third kappa shape index (κ3) is 4.70. The van der Waals surface area contributed by atoms with Crippen molar-refractivity contribution in [3.8, 4) is 0 Å². The van der Waals surface area contributed by atoms with Gasteiger partial charge in [0, 0.05) is 5.02 Å². The maximum Gasteiger partial charge on any atom is 0.338 e. The van der Waals surface area contributed by atoms with E-state index in [1.165, 1.54) is 0 Å². The van der Waals surface area contributed by atoms with Crippen LogP contribution in [0.3, 0.4) is 0 Å². The Morgan fingerprint density at radius 2 is 1.81 bits per heavy atom. The molecule has 0 amide bonds. The molecule has 0 atom stereocenters. The van der Waals surface area contributed by atoms with Crippen molar-refractivity contribution >= 4 is 40.8 Å². The maximum absolute atomic E-state index is 12.1. The van der Waals surface area contributed by atoms with Crippen molar-refractivity contribution < 1.29 is 9.53 Å². The molecule has 4 nitrogen and oxygen atoms in total. The number of imidazole rings is 1. The Bertz CT molecular complexity index is 1260. The predicted molar refractivity (Wildman–Crippen MR) is 126 cm³/mol. The van der Waals surface area contributed by atoms with Gasteiger partial charge in [0.05, 0.1) is 29.7 Å². The van der Waals surface area contributed by atoms with Gasteiger partial charge in [-0.2, -0.15) is 0 Å². The first-order valence-electron chi connectivity index (χ1n) is 10.2. The van der Waals surface area contributed by atoms with Crippen LogP contribution in [0.15, 0.2) is 66.7 Å². The number of halogens is 1. The summed E-state index contributed by atoms with van der Waals surface area (Å²) in [5, 5.41) is 0.693. The van der Waals surface area contributed by atoms with Gasteiger partial charge >= 0.3 is 5.97 Å². The van der Waals surface area contributed by atoms with E-state index >= 15 is 0 Å². The smallest absolute Gasteiger partial charge is 0.338 e. The fraction of sp³-hybridized carbons (Fsp3) is 0.154. The molecule has 31 heavy (non-hydrogen) atoms. The van der Waals surface area contributed by atoms with Crippen molar-refractivity contribution in [1.29, 1.82) is 0 Å². The maximum atomic E-state index is 12.1. The first-order valence-corrected chi connectivity index (χ1v) is 10.6. The van der Waals surface area contributed by atoms with Gasteiger partial charge in [-0.3, -0.25) is 0 Å². The van der Waals surface area contributed by atoms with Crippen LogP contribution in [-0.2, 0) is 11.3 Å². The van der Waals surface area contributed by atoms with Crippen molar-refractivity contribution in [3.63, 3.8) is 0 Å². The summed E-state index contributed by atoms with van der Waals surface area (Å²) in [4.78, 5) is 16.8. The summed E-state index contributed by atoms with van der Waals surface area (Å²) < 4.78 is 7.20. The van der Waals surface area contributed by atoms with E-state index in [0.717, 1.165) is 33.5 Å². The molecular weight excluding hydrogens is 408 g/mol. The van der Waals surface area contributed by atoms with E-state index in [-0.39, 0.29) is 5.97 Å². The number of aromatic nitrogens is 2. The molecule has 156 valence electrons. The summed E-state index contributed by atoms with van der Waals surface area (Å²) in [5.74, 6) is 0.530. The third-order valence-corrected chi connectivity index (χ3v) is 5.48. The quantitative estimate of drug-likeness (QED) is 0.263. The van der Waals surface area contributed by atoms with Gasteiger partial charge in [-0.05, 0) is 54.8 Å². The first kappa shape index (κ1) is 20.9. The van der Waals surface area contributed by atoms with Crippen molar-refractivity contribution in [2.75, 3.05) is 6.61 Å². The SMILES string of the molecule is CCOC(=O)c1ccc2nc(C)n(Cc3ccc(C=Cc4ccccc4)cc3Cl)c2c1. The van der Waals surface area contributed by atoms with Crippen molar-refractivity contribution in [2.45, 2.75) is 20.4 Å². The van der Waals surface area contributed by atoms with Crippen LogP contribution in [0.5, 0.6) is 0 Å². The van der Waals surface area contributed by atoms with Crippen molar-refractivity contribution in [2.24, 2.45) is 0 Å². The van der Waals surface area contributed by atoms with Gasteiger partial charge in [0.2, 0.25) is 0 Å². The number of ether oxygens (including phenoxy) is 1. The number of carbonyl (C=O) groups is 1. The van der Waals surface area contributed by atoms with Crippen LogP contribution >= 0.6 is 11.6 Å². The highest BCUT2D eigenvalue weighted by Gasteiger charge is 2.14. The van der Waals surface area contributed by atoms with Crippen molar-refractivity contribution in [3.05, 3.63) is 99.8 Å². The number of fused-ring (bicyclic) bond motifs is 1. The molecule has 0 fully saturated rings. The molecule has 0 saturated heterocycles. The summed E-state index contributed by atoms with van der Waals surface area (Å²) >= 11 is 6.61. The van der Waals surface area contributed by atoms with E-state index in [1.807, 2.05) is 49.4 Å². The molecule has 0 saturated carbocycles. The monoisotopic (exact) mass is 430 g/mol. The van der Waals surface area contributed by atoms with Crippen LogP contribution in [-0.4, -0.2) is 22.1 Å². The molecule has 0 spiro atoms. The molecule has 5 heteroatoms. The van der Waals surface area contributed by atoms with E-state index in [9.17, 15) is 4.79 Å². The Hall–Kier alpha value is -3.37. The fourth-order valence-corrected chi connectivity index (χ4v) is 3.76. The summed E-state index contributed by atoms with van der Waals surface area (Å²) in [6, 6.07) is 21.6. The highest BCUT2D eigenvalue weighted by atomic mass is 35.5. The zero-order chi connectivity index (χ0) is 21.8. The second kappa shape index (κ2) is 9.19. The number of carbonyl (C=O) groups excluding carboxylic acids is 1. The van der Waals surface area contributed by atoms with Crippen LogP contribution in [0, 0.1) is 6.92 Å². The van der Waals surface area contributed by atoms with Gasteiger partial charge in [0.1, 0.15) is 5.82 Å². The summed E-state index contributed by atoms with van der Waals surface area (Å²) in [7, 11) is 0. The molecule has 0 aliphatic rings. The van der Waals surface area contributed by atoms with Crippen LogP contribution in [0.1, 0.15) is 39.8 Å². The zero-order valence-corrected chi connectivity index (χ0v) is 18.3. The molecule has 0 unspecified atom stereocenters. The molecule has 0 aliphatic heterocycles. The highest BCUT2D eigenvalue weighted by Crippen LogP contribution is 2.24. The van der Waals surface area contributed by atoms with Gasteiger partial charge < -0.3 is 9.30 Å². The number of esters is 1. The van der Waals surface area contributed by atoms with Gasteiger partial charge in [-0.1, -0.05) is 66.2 Å². The molecule has 1 aromatic heterocycles. The number of hydrogen-bond acceptors (Lipinski definition) is 3. The van der Waals surface area contributed by atoms with E-state index in [0.29, 0.717) is 23.7 Å². The Labute approximate surface area is 186 Å². The summed E-state index contributed by atoms with van der Waals surface area (Å²) in [5.41, 5.74) is 5.40. The average molecular weight is 431 g/mol. The lowest BCUT2D eigenvalue weighted by molar-refractivity contribution is 0.0526. The van der Waals surface area contributed by atoms with Crippen LogP contribution in [0.2, 0.25) is 5.02 Å². The van der Waals surface area contributed by atoms with Crippen LogP contribution < -0.4 is 0 Å². The number of rotatable bonds is 6. The zero-order valence-electron chi connectivity index (χ0n) is 17.5. The molecule has 0 N–H and O–H groups in total. The second-order valence-electron chi connectivity index (χ2n) is 7.26. The number of benzene rings is 3. The Morgan fingerprint density at radius 1 is 1.03 bits per heavy atom.